The van der Waals surface area contributed by atoms with Crippen molar-refractivity contribution in [3.63, 3.8) is 0 Å². The molecule has 1 saturated heterocycles. The van der Waals surface area contributed by atoms with E-state index in [0.717, 1.165) is 19.3 Å². The van der Waals surface area contributed by atoms with Crippen LogP contribution < -0.4 is 5.32 Å². The van der Waals surface area contributed by atoms with E-state index in [2.05, 4.69) is 19.2 Å². The van der Waals surface area contributed by atoms with Crippen molar-refractivity contribution in [2.45, 2.75) is 86.2 Å². The topological polar surface area (TPSA) is 83.6 Å². The average molecular weight is 419 g/mol. The second kappa shape index (κ2) is 7.76. The van der Waals surface area contributed by atoms with Gasteiger partial charge in [-0.05, 0) is 35.0 Å². The molecule has 1 N–H and O–H groups in total. The Morgan fingerprint density at radius 2 is 1.73 bits per heavy atom. The number of amides is 2. The number of nitrogens with zero attached hydrogens (tertiary/aromatic N) is 1. The maximum Gasteiger partial charge on any atom is 0.243 e. The molecule has 0 aromatic carbocycles. The van der Waals surface area contributed by atoms with E-state index in [-0.39, 0.29) is 34.5 Å². The highest BCUT2D eigenvalue weighted by Gasteiger charge is 2.69. The number of hydrogen-bond acceptors (Lipinski definition) is 4. The van der Waals surface area contributed by atoms with Gasteiger partial charge in [0.1, 0.15) is 6.04 Å². The van der Waals surface area contributed by atoms with Crippen molar-refractivity contribution in [2.24, 2.45) is 34.5 Å². The van der Waals surface area contributed by atoms with Gasteiger partial charge in [-0.2, -0.15) is 0 Å². The van der Waals surface area contributed by atoms with E-state index in [1.807, 2.05) is 27.7 Å². The third-order valence-electron chi connectivity index (χ3n) is 8.20. The van der Waals surface area contributed by atoms with Gasteiger partial charge in [0.2, 0.25) is 17.6 Å². The summed E-state index contributed by atoms with van der Waals surface area (Å²) in [6, 6.07) is -1.34. The Bertz CT molecular complexity index is 747. The van der Waals surface area contributed by atoms with Gasteiger partial charge in [0, 0.05) is 19.4 Å². The zero-order chi connectivity index (χ0) is 22.6. The zero-order valence-electron chi connectivity index (χ0n) is 19.6. The normalized spacial score (nSPS) is 29.4. The molecule has 2 saturated carbocycles. The van der Waals surface area contributed by atoms with Crippen molar-refractivity contribution >= 4 is 23.4 Å². The molecule has 3 rings (SSSR count). The second-order valence-electron chi connectivity index (χ2n) is 11.5. The first kappa shape index (κ1) is 23.0. The predicted molar refractivity (Wildman–Crippen MR) is 114 cm³/mol. The van der Waals surface area contributed by atoms with Gasteiger partial charge in [-0.3, -0.25) is 19.2 Å². The monoisotopic (exact) mass is 418 g/mol. The Balaban J connectivity index is 1.79. The summed E-state index contributed by atoms with van der Waals surface area (Å²) >= 11 is 0. The first-order valence-corrected chi connectivity index (χ1v) is 11.4. The van der Waals surface area contributed by atoms with Crippen LogP contribution in [0.5, 0.6) is 0 Å². The number of ketones is 2. The van der Waals surface area contributed by atoms with Crippen molar-refractivity contribution in [2.75, 3.05) is 6.54 Å². The largest absolute Gasteiger partial charge is 0.344 e. The average Bonchev–Trinajstić information content (AvgIpc) is 2.95. The first-order chi connectivity index (χ1) is 13.8. The standard InChI is InChI=1S/C24H38N2O4/c1-13(23(3,4)5)22(30)26-12-16-18(24(16,6)7)19(26)21(29)25-17(20(28)14(2)27)11-15-9-8-10-15/h13,15-19H,8-12H2,1-7H3,(H,25,29)/t13-,16+,17-,18+,19+/m1/s1. The third kappa shape index (κ3) is 4.06. The predicted octanol–water partition coefficient (Wildman–Crippen LogP) is 2.98. The number of Topliss-reactive ketones (excluding diaryl/α,β-unsaturated/α-hetero) is 2. The van der Waals surface area contributed by atoms with E-state index in [9.17, 15) is 19.2 Å². The van der Waals surface area contributed by atoms with Gasteiger partial charge in [0.15, 0.2) is 5.78 Å². The first-order valence-electron chi connectivity index (χ1n) is 11.4. The molecule has 6 nitrogen and oxygen atoms in total. The molecule has 1 aliphatic heterocycles. The Hall–Kier alpha value is -1.72. The van der Waals surface area contributed by atoms with Crippen molar-refractivity contribution in [3.8, 4) is 0 Å². The summed E-state index contributed by atoms with van der Waals surface area (Å²) in [4.78, 5) is 52.7. The molecule has 2 aliphatic carbocycles. The molecule has 6 heteroatoms. The lowest BCUT2D eigenvalue weighted by Gasteiger charge is -2.36. The molecule has 5 atom stereocenters. The summed E-state index contributed by atoms with van der Waals surface area (Å²) in [5.41, 5.74) is -0.185. The summed E-state index contributed by atoms with van der Waals surface area (Å²) in [5.74, 6) is -0.751. The number of rotatable bonds is 7. The van der Waals surface area contributed by atoms with E-state index in [0.29, 0.717) is 24.8 Å². The highest BCUT2D eigenvalue weighted by Crippen LogP contribution is 2.65. The third-order valence-corrected chi connectivity index (χ3v) is 8.20. The minimum Gasteiger partial charge on any atom is -0.344 e. The van der Waals surface area contributed by atoms with Gasteiger partial charge < -0.3 is 10.2 Å². The van der Waals surface area contributed by atoms with Crippen molar-refractivity contribution < 1.29 is 19.2 Å². The molecular formula is C24H38N2O4. The van der Waals surface area contributed by atoms with Gasteiger partial charge in [-0.1, -0.05) is 60.8 Å². The van der Waals surface area contributed by atoms with Crippen LogP contribution in [0.1, 0.15) is 74.1 Å². The van der Waals surface area contributed by atoms with Crippen LogP contribution in [0, 0.1) is 34.5 Å². The molecule has 0 spiro atoms. The van der Waals surface area contributed by atoms with E-state index in [1.165, 1.54) is 6.92 Å². The van der Waals surface area contributed by atoms with Gasteiger partial charge in [-0.25, -0.2) is 0 Å². The van der Waals surface area contributed by atoms with E-state index >= 15 is 0 Å². The molecule has 0 unspecified atom stereocenters. The Morgan fingerprint density at radius 1 is 1.13 bits per heavy atom. The molecule has 168 valence electrons. The van der Waals surface area contributed by atoms with Crippen LogP contribution in [-0.2, 0) is 19.2 Å². The summed E-state index contributed by atoms with van der Waals surface area (Å²) in [7, 11) is 0. The molecule has 1 heterocycles. The maximum absolute atomic E-state index is 13.4. The van der Waals surface area contributed by atoms with Crippen LogP contribution in [-0.4, -0.2) is 46.9 Å². The lowest BCUT2D eigenvalue weighted by Crippen LogP contribution is -2.56. The summed E-state index contributed by atoms with van der Waals surface area (Å²) < 4.78 is 0. The molecule has 0 radical (unpaired) electrons. The number of carbonyl (C=O) groups excluding carboxylic acids is 4. The van der Waals surface area contributed by atoms with Gasteiger partial charge in [0.05, 0.1) is 6.04 Å². The fraction of sp³-hybridized carbons (Fsp3) is 0.833. The number of likely N-dealkylation sites (tertiary alicyclic amines) is 1. The molecule has 0 aromatic rings. The Kier molecular flexibility index (Phi) is 5.94. The van der Waals surface area contributed by atoms with Crippen LogP contribution in [0.25, 0.3) is 0 Å². The van der Waals surface area contributed by atoms with Crippen LogP contribution >= 0.6 is 0 Å². The van der Waals surface area contributed by atoms with Gasteiger partial charge in [-0.15, -0.1) is 0 Å². The minimum absolute atomic E-state index is 0.000845. The van der Waals surface area contributed by atoms with Crippen LogP contribution in [0.3, 0.4) is 0 Å². The number of hydrogen-bond donors (Lipinski definition) is 1. The second-order valence-corrected chi connectivity index (χ2v) is 11.5. The quantitative estimate of drug-likeness (QED) is 0.644. The fourth-order valence-corrected chi connectivity index (χ4v) is 5.23. The van der Waals surface area contributed by atoms with Crippen molar-refractivity contribution in [1.29, 1.82) is 0 Å². The van der Waals surface area contributed by atoms with Crippen LogP contribution in [0.4, 0.5) is 0 Å². The Morgan fingerprint density at radius 3 is 2.20 bits per heavy atom. The molecule has 3 aliphatic rings. The highest BCUT2D eigenvalue weighted by atomic mass is 16.2. The van der Waals surface area contributed by atoms with Crippen LogP contribution in [0.2, 0.25) is 0 Å². The molecule has 0 bridgehead atoms. The summed E-state index contributed by atoms with van der Waals surface area (Å²) in [6.45, 7) is 14.2. The molecule has 3 fully saturated rings. The lowest BCUT2D eigenvalue weighted by molar-refractivity contribution is -0.146. The van der Waals surface area contributed by atoms with Crippen LogP contribution in [0.15, 0.2) is 0 Å². The van der Waals surface area contributed by atoms with Crippen molar-refractivity contribution in [3.05, 3.63) is 0 Å². The lowest BCUT2D eigenvalue weighted by atomic mass is 9.79. The van der Waals surface area contributed by atoms with E-state index in [1.54, 1.807) is 4.90 Å². The highest BCUT2D eigenvalue weighted by molar-refractivity contribution is 6.38. The number of piperidine rings is 1. The summed E-state index contributed by atoms with van der Waals surface area (Å²) in [5, 5.41) is 2.89. The summed E-state index contributed by atoms with van der Waals surface area (Å²) in [6.07, 6.45) is 3.71. The van der Waals surface area contributed by atoms with Gasteiger partial charge >= 0.3 is 0 Å². The van der Waals surface area contributed by atoms with E-state index in [4.69, 9.17) is 0 Å². The minimum atomic E-state index is -0.779. The molecule has 2 amide bonds. The number of nitrogens with one attached hydrogen (secondary N) is 1. The number of fused-ring (bicyclic) bond motifs is 1. The number of carbonyl (C=O) groups is 4. The van der Waals surface area contributed by atoms with Gasteiger partial charge in [0.25, 0.3) is 0 Å². The molecular weight excluding hydrogens is 380 g/mol. The zero-order valence-corrected chi connectivity index (χ0v) is 19.6. The fourth-order valence-electron chi connectivity index (χ4n) is 5.23. The van der Waals surface area contributed by atoms with Crippen molar-refractivity contribution in [1.82, 2.24) is 10.2 Å². The van der Waals surface area contributed by atoms with E-state index < -0.39 is 23.7 Å². The SMILES string of the molecule is CC(=O)C(=O)[C@@H](CC1CCC1)NC(=O)[C@@H]1[C@@H]2[C@H](CN1C(=O)[C@@H](C)C(C)(C)C)C2(C)C. The smallest absolute Gasteiger partial charge is 0.243 e. The maximum atomic E-state index is 13.4. The Labute approximate surface area is 180 Å². The molecule has 30 heavy (non-hydrogen) atoms. The molecule has 0 aromatic heterocycles.